The first-order valence-corrected chi connectivity index (χ1v) is 9.98. The lowest BCUT2D eigenvalue weighted by Crippen LogP contribution is -2.49. The molecule has 0 aliphatic carbocycles. The number of methoxy groups -OCH3 is 1. The number of halogens is 1. The van der Waals surface area contributed by atoms with Crippen molar-refractivity contribution in [3.05, 3.63) is 30.1 Å². The van der Waals surface area contributed by atoms with E-state index in [1.54, 1.807) is 12.1 Å². The molecule has 2 heterocycles. The normalized spacial score (nSPS) is 15.0. The summed E-state index contributed by atoms with van der Waals surface area (Å²) in [4.78, 5) is 16.6. The average Bonchev–Trinajstić information content (AvgIpc) is 3.09. The Labute approximate surface area is 178 Å². The van der Waals surface area contributed by atoms with Crippen LogP contribution in [0.1, 0.15) is 26.7 Å². The Kier molecular flexibility index (Phi) is 5.22. The molecule has 3 N–H and O–H groups in total. The van der Waals surface area contributed by atoms with Crippen LogP contribution in [-0.4, -0.2) is 46.0 Å². The van der Waals surface area contributed by atoms with Gasteiger partial charge in [0.1, 0.15) is 5.82 Å². The number of hydrogen-bond acceptors (Lipinski definition) is 6. The summed E-state index contributed by atoms with van der Waals surface area (Å²) >= 11 is 0. The smallest absolute Gasteiger partial charge is 0.224 e. The van der Waals surface area contributed by atoms with Crippen LogP contribution in [0.5, 0.6) is 17.2 Å². The predicted molar refractivity (Wildman–Crippen MR) is 113 cm³/mol. The minimum Gasteiger partial charge on any atom is -0.502 e. The van der Waals surface area contributed by atoms with Gasteiger partial charge in [-0.05, 0) is 37.6 Å². The number of fused-ring (bicyclic) bond motifs is 1. The van der Waals surface area contributed by atoms with E-state index in [0.717, 1.165) is 11.9 Å². The van der Waals surface area contributed by atoms with Crippen LogP contribution < -0.4 is 10.1 Å². The number of nitrogens with zero attached hydrogens (tertiary/aromatic N) is 2. The third-order valence-electron chi connectivity index (χ3n) is 5.42. The van der Waals surface area contributed by atoms with Crippen LogP contribution in [0.15, 0.2) is 24.3 Å². The van der Waals surface area contributed by atoms with E-state index in [1.165, 1.54) is 13.2 Å². The molecule has 164 valence electrons. The van der Waals surface area contributed by atoms with Gasteiger partial charge >= 0.3 is 0 Å². The predicted octanol–water partition coefficient (Wildman–Crippen LogP) is 3.75. The Bertz CT molecular complexity index is 1170. The number of hydrogen-bond donors (Lipinski definition) is 3. The third kappa shape index (κ3) is 3.44. The maximum atomic E-state index is 15.0. The molecule has 1 saturated heterocycles. The summed E-state index contributed by atoms with van der Waals surface area (Å²) < 4.78 is 27.4. The van der Waals surface area contributed by atoms with Gasteiger partial charge in [-0.1, -0.05) is 6.92 Å². The monoisotopic (exact) mass is 429 g/mol. The van der Waals surface area contributed by atoms with Crippen molar-refractivity contribution in [1.82, 2.24) is 9.55 Å². The first kappa shape index (κ1) is 20.9. The lowest BCUT2D eigenvalue weighted by atomic mass is 9.98. The van der Waals surface area contributed by atoms with Gasteiger partial charge in [-0.15, -0.1) is 0 Å². The van der Waals surface area contributed by atoms with Gasteiger partial charge in [0.2, 0.25) is 11.7 Å². The lowest BCUT2D eigenvalue weighted by molar-refractivity contribution is -0.116. The standard InChI is InChI=1S/C22H24FN3O5/c1-4-5-17(27)24-12-6-7-15-14(8-12)25-21(26(15)22(2)10-31-11-22)13-9-16(30-3)19(28)20(29)18(13)23/h6-9,28-29H,4-5,10-11H2,1-3H3,(H,24,27). The highest BCUT2D eigenvalue weighted by atomic mass is 19.1. The lowest BCUT2D eigenvalue weighted by Gasteiger charge is -2.40. The molecule has 9 heteroatoms. The van der Waals surface area contributed by atoms with Crippen LogP contribution in [0.25, 0.3) is 22.4 Å². The maximum absolute atomic E-state index is 15.0. The van der Waals surface area contributed by atoms with E-state index in [4.69, 9.17) is 9.47 Å². The number of nitrogens with one attached hydrogen (secondary N) is 1. The zero-order valence-electron chi connectivity index (χ0n) is 17.5. The molecular formula is C22H24FN3O5. The highest BCUT2D eigenvalue weighted by Gasteiger charge is 2.39. The Morgan fingerprint density at radius 1 is 1.32 bits per heavy atom. The molecule has 1 aliphatic heterocycles. The molecule has 0 radical (unpaired) electrons. The minimum atomic E-state index is -1.00. The van der Waals surface area contributed by atoms with E-state index in [0.29, 0.717) is 30.8 Å². The minimum absolute atomic E-state index is 0.0203. The number of amides is 1. The fourth-order valence-corrected chi connectivity index (χ4v) is 3.79. The fraction of sp³-hybridized carbons (Fsp3) is 0.364. The van der Waals surface area contributed by atoms with E-state index in [2.05, 4.69) is 10.3 Å². The second-order valence-electron chi connectivity index (χ2n) is 7.90. The zero-order chi connectivity index (χ0) is 22.3. The van der Waals surface area contributed by atoms with Crippen molar-refractivity contribution in [3.8, 4) is 28.6 Å². The number of carbonyl (C=O) groups is 1. The number of anilines is 1. The maximum Gasteiger partial charge on any atom is 0.224 e. The van der Waals surface area contributed by atoms with Crippen LogP contribution in [0.2, 0.25) is 0 Å². The van der Waals surface area contributed by atoms with Gasteiger partial charge in [0.15, 0.2) is 17.3 Å². The van der Waals surface area contributed by atoms with E-state index in [9.17, 15) is 15.0 Å². The topological polar surface area (TPSA) is 106 Å². The number of phenols is 2. The molecule has 8 nitrogen and oxygen atoms in total. The Balaban J connectivity index is 1.92. The van der Waals surface area contributed by atoms with Crippen molar-refractivity contribution in [2.75, 3.05) is 25.6 Å². The fourth-order valence-electron chi connectivity index (χ4n) is 3.79. The van der Waals surface area contributed by atoms with Crippen molar-refractivity contribution in [3.63, 3.8) is 0 Å². The van der Waals surface area contributed by atoms with Gasteiger partial charge in [-0.25, -0.2) is 9.37 Å². The van der Waals surface area contributed by atoms with Gasteiger partial charge in [-0.2, -0.15) is 0 Å². The molecule has 0 unspecified atom stereocenters. The molecule has 0 atom stereocenters. The molecule has 3 aromatic rings. The number of phenolic OH excluding ortho intramolecular Hbond substituents is 2. The first-order valence-electron chi connectivity index (χ1n) is 9.98. The number of imidazole rings is 1. The highest BCUT2D eigenvalue weighted by molar-refractivity contribution is 5.93. The van der Waals surface area contributed by atoms with Crippen molar-refractivity contribution in [2.45, 2.75) is 32.2 Å². The summed E-state index contributed by atoms with van der Waals surface area (Å²) in [6, 6.07) is 6.61. The Morgan fingerprint density at radius 3 is 2.68 bits per heavy atom. The number of rotatable bonds is 6. The van der Waals surface area contributed by atoms with Crippen molar-refractivity contribution in [1.29, 1.82) is 0 Å². The molecule has 1 fully saturated rings. The summed E-state index contributed by atoms with van der Waals surface area (Å²) in [7, 11) is 1.31. The van der Waals surface area contributed by atoms with Crippen LogP contribution >= 0.6 is 0 Å². The third-order valence-corrected chi connectivity index (χ3v) is 5.42. The number of aromatic hydroxyl groups is 2. The van der Waals surface area contributed by atoms with Crippen molar-refractivity contribution < 1.29 is 28.9 Å². The van der Waals surface area contributed by atoms with E-state index < -0.39 is 22.9 Å². The highest BCUT2D eigenvalue weighted by Crippen LogP contribution is 2.44. The molecule has 2 aromatic carbocycles. The van der Waals surface area contributed by atoms with Gasteiger partial charge in [0.05, 0.1) is 42.5 Å². The molecule has 1 aromatic heterocycles. The molecule has 0 saturated carbocycles. The number of carbonyl (C=O) groups excluding carboxylic acids is 1. The average molecular weight is 429 g/mol. The van der Waals surface area contributed by atoms with E-state index >= 15 is 4.39 Å². The summed E-state index contributed by atoms with van der Waals surface area (Å²) in [5.74, 6) is -2.50. The van der Waals surface area contributed by atoms with Crippen molar-refractivity contribution >= 4 is 22.6 Å². The molecule has 0 spiro atoms. The summed E-state index contributed by atoms with van der Waals surface area (Å²) in [5, 5.41) is 22.9. The Morgan fingerprint density at radius 2 is 2.06 bits per heavy atom. The molecule has 31 heavy (non-hydrogen) atoms. The SMILES string of the molecule is CCCC(=O)Nc1ccc2c(c1)nc(-c1cc(OC)c(O)c(O)c1F)n2C1(C)COC1. The molecule has 0 bridgehead atoms. The first-order chi connectivity index (χ1) is 14.8. The second kappa shape index (κ2) is 7.73. The van der Waals surface area contributed by atoms with Gasteiger partial charge in [0, 0.05) is 12.1 Å². The molecule has 4 rings (SSSR count). The number of ether oxygens (including phenoxy) is 2. The van der Waals surface area contributed by atoms with Gasteiger partial charge in [0.25, 0.3) is 0 Å². The second-order valence-corrected chi connectivity index (χ2v) is 7.90. The van der Waals surface area contributed by atoms with Crippen LogP contribution in [0.4, 0.5) is 10.1 Å². The quantitative estimate of drug-likeness (QED) is 0.516. The number of benzene rings is 2. The largest absolute Gasteiger partial charge is 0.502 e. The van der Waals surface area contributed by atoms with Crippen molar-refractivity contribution in [2.24, 2.45) is 0 Å². The van der Waals surface area contributed by atoms with Crippen LogP contribution in [-0.2, 0) is 15.1 Å². The van der Waals surface area contributed by atoms with Gasteiger partial charge < -0.3 is 29.6 Å². The van der Waals surface area contributed by atoms with Crippen LogP contribution in [0, 0.1) is 5.82 Å². The molecule has 1 amide bonds. The van der Waals surface area contributed by atoms with Crippen LogP contribution in [0.3, 0.4) is 0 Å². The van der Waals surface area contributed by atoms with Gasteiger partial charge in [-0.3, -0.25) is 4.79 Å². The van der Waals surface area contributed by atoms with E-state index in [-0.39, 0.29) is 23.0 Å². The Hall–Kier alpha value is -3.33. The summed E-state index contributed by atoms with van der Waals surface area (Å²) in [5.41, 5.74) is 1.35. The molecule has 1 aliphatic rings. The zero-order valence-corrected chi connectivity index (χ0v) is 17.5. The summed E-state index contributed by atoms with van der Waals surface area (Å²) in [6.07, 6.45) is 1.14. The van der Waals surface area contributed by atoms with E-state index in [1.807, 2.05) is 24.5 Å². The molecular weight excluding hydrogens is 405 g/mol. The summed E-state index contributed by atoms with van der Waals surface area (Å²) in [6.45, 7) is 4.70. The number of aromatic nitrogens is 2.